The van der Waals surface area contributed by atoms with E-state index in [9.17, 15) is 9.59 Å². The normalized spacial score (nSPS) is 16.8. The summed E-state index contributed by atoms with van der Waals surface area (Å²) >= 11 is 0. The molecule has 2 heterocycles. The molecule has 0 saturated carbocycles. The number of anilines is 1. The lowest BCUT2D eigenvalue weighted by atomic mass is 10.0. The molecule has 0 bridgehead atoms. The van der Waals surface area contributed by atoms with Crippen LogP contribution in [0.1, 0.15) is 44.1 Å². The van der Waals surface area contributed by atoms with E-state index < -0.39 is 0 Å². The third-order valence-electron chi connectivity index (χ3n) is 3.88. The van der Waals surface area contributed by atoms with Gasteiger partial charge < -0.3 is 9.73 Å². The molecule has 2 aromatic rings. The standard InChI is InChI=1S/C18H19N3O3/c1-3-18(23)21-16(17-5-4-10-24-17)11-15(20-21)13-6-8-14(9-7-13)19-12(2)22/h4-10,16H,3,11H2,1-2H3,(H,19,22)/t16-/m1/s1. The van der Waals surface area contributed by atoms with Gasteiger partial charge in [-0.15, -0.1) is 0 Å². The number of benzene rings is 1. The first-order valence-electron chi connectivity index (χ1n) is 7.89. The zero-order valence-electron chi connectivity index (χ0n) is 13.7. The third kappa shape index (κ3) is 3.22. The lowest BCUT2D eigenvalue weighted by Gasteiger charge is -2.18. The summed E-state index contributed by atoms with van der Waals surface area (Å²) in [5, 5.41) is 8.75. The third-order valence-corrected chi connectivity index (χ3v) is 3.88. The van der Waals surface area contributed by atoms with Gasteiger partial charge in [0.15, 0.2) is 0 Å². The van der Waals surface area contributed by atoms with E-state index in [-0.39, 0.29) is 17.9 Å². The molecule has 0 aliphatic carbocycles. The van der Waals surface area contributed by atoms with Crippen molar-refractivity contribution in [3.63, 3.8) is 0 Å². The van der Waals surface area contributed by atoms with Gasteiger partial charge in [0.05, 0.1) is 12.0 Å². The predicted molar refractivity (Wildman–Crippen MR) is 90.5 cm³/mol. The Morgan fingerprint density at radius 2 is 2.04 bits per heavy atom. The Morgan fingerprint density at radius 3 is 2.62 bits per heavy atom. The van der Waals surface area contributed by atoms with Gasteiger partial charge in [0.25, 0.3) is 0 Å². The molecule has 6 heteroatoms. The minimum atomic E-state index is -0.211. The molecule has 124 valence electrons. The predicted octanol–water partition coefficient (Wildman–Crippen LogP) is 3.33. The van der Waals surface area contributed by atoms with E-state index >= 15 is 0 Å². The number of carbonyl (C=O) groups is 2. The summed E-state index contributed by atoms with van der Waals surface area (Å²) in [7, 11) is 0. The van der Waals surface area contributed by atoms with Crippen molar-refractivity contribution in [2.24, 2.45) is 5.10 Å². The van der Waals surface area contributed by atoms with Crippen molar-refractivity contribution < 1.29 is 14.0 Å². The van der Waals surface area contributed by atoms with Gasteiger partial charge in [0.2, 0.25) is 11.8 Å². The molecule has 2 amide bonds. The van der Waals surface area contributed by atoms with Crippen LogP contribution in [0, 0.1) is 0 Å². The smallest absolute Gasteiger partial charge is 0.243 e. The van der Waals surface area contributed by atoms with Gasteiger partial charge in [0, 0.05) is 25.5 Å². The molecule has 6 nitrogen and oxygen atoms in total. The van der Waals surface area contributed by atoms with Crippen molar-refractivity contribution in [3.8, 4) is 0 Å². The van der Waals surface area contributed by atoms with E-state index in [0.29, 0.717) is 12.8 Å². The summed E-state index contributed by atoms with van der Waals surface area (Å²) in [4.78, 5) is 23.3. The molecule has 24 heavy (non-hydrogen) atoms. The highest BCUT2D eigenvalue weighted by Gasteiger charge is 2.33. The molecule has 0 fully saturated rings. The topological polar surface area (TPSA) is 74.9 Å². The molecule has 0 spiro atoms. The van der Waals surface area contributed by atoms with Crippen LogP contribution in [-0.4, -0.2) is 22.5 Å². The van der Waals surface area contributed by atoms with Crippen LogP contribution in [-0.2, 0) is 9.59 Å². The summed E-state index contributed by atoms with van der Waals surface area (Å²) < 4.78 is 5.47. The van der Waals surface area contributed by atoms with Crippen LogP contribution in [0.2, 0.25) is 0 Å². The molecule has 1 aromatic carbocycles. The highest BCUT2D eigenvalue weighted by molar-refractivity contribution is 6.03. The molecular formula is C18H19N3O3. The van der Waals surface area contributed by atoms with Crippen LogP contribution in [0.25, 0.3) is 0 Å². The number of nitrogens with one attached hydrogen (secondary N) is 1. The number of carbonyl (C=O) groups excluding carboxylic acids is 2. The second-order valence-electron chi connectivity index (χ2n) is 5.63. The maximum absolute atomic E-state index is 12.2. The SMILES string of the molecule is CCC(=O)N1N=C(c2ccc(NC(C)=O)cc2)C[C@@H]1c1ccco1. The number of furan rings is 1. The second kappa shape index (κ2) is 6.70. The Morgan fingerprint density at radius 1 is 1.29 bits per heavy atom. The molecule has 1 aromatic heterocycles. The van der Waals surface area contributed by atoms with Crippen LogP contribution >= 0.6 is 0 Å². The minimum Gasteiger partial charge on any atom is -0.467 e. The van der Waals surface area contributed by atoms with Gasteiger partial charge >= 0.3 is 0 Å². The Kier molecular flexibility index (Phi) is 4.46. The highest BCUT2D eigenvalue weighted by atomic mass is 16.3. The molecule has 0 unspecified atom stereocenters. The fourth-order valence-electron chi connectivity index (χ4n) is 2.73. The number of nitrogens with zero attached hydrogens (tertiary/aromatic N) is 2. The first-order chi connectivity index (χ1) is 11.6. The Balaban J connectivity index is 1.85. The lowest BCUT2D eigenvalue weighted by Crippen LogP contribution is -2.25. The fraction of sp³-hybridized carbons (Fsp3) is 0.278. The summed E-state index contributed by atoms with van der Waals surface area (Å²) in [5.74, 6) is 0.574. The zero-order chi connectivity index (χ0) is 17.1. The molecule has 3 rings (SSSR count). The lowest BCUT2D eigenvalue weighted by molar-refractivity contribution is -0.133. The van der Waals surface area contributed by atoms with Gasteiger partial charge in [0.1, 0.15) is 11.8 Å². The first-order valence-corrected chi connectivity index (χ1v) is 7.89. The first kappa shape index (κ1) is 16.0. The maximum atomic E-state index is 12.2. The zero-order valence-corrected chi connectivity index (χ0v) is 13.7. The summed E-state index contributed by atoms with van der Waals surface area (Å²) in [6, 6.07) is 10.9. The summed E-state index contributed by atoms with van der Waals surface area (Å²) in [6.45, 7) is 3.29. The summed E-state index contributed by atoms with van der Waals surface area (Å²) in [5.41, 5.74) is 2.48. The second-order valence-corrected chi connectivity index (χ2v) is 5.63. The average molecular weight is 325 g/mol. The van der Waals surface area contributed by atoms with E-state index in [1.807, 2.05) is 43.3 Å². The van der Waals surface area contributed by atoms with E-state index in [1.165, 1.54) is 11.9 Å². The van der Waals surface area contributed by atoms with E-state index in [0.717, 1.165) is 22.7 Å². The van der Waals surface area contributed by atoms with Crippen LogP contribution in [0.3, 0.4) is 0 Å². The number of rotatable bonds is 4. The van der Waals surface area contributed by atoms with Crippen molar-refractivity contribution >= 4 is 23.2 Å². The molecule has 0 saturated heterocycles. The molecule has 0 radical (unpaired) electrons. The molecule has 1 atom stereocenters. The number of amides is 2. The van der Waals surface area contributed by atoms with Crippen molar-refractivity contribution in [2.45, 2.75) is 32.7 Å². The monoisotopic (exact) mass is 325 g/mol. The van der Waals surface area contributed by atoms with Crippen molar-refractivity contribution in [2.75, 3.05) is 5.32 Å². The highest BCUT2D eigenvalue weighted by Crippen LogP contribution is 2.33. The fourth-order valence-corrected chi connectivity index (χ4v) is 2.73. The molecular weight excluding hydrogens is 306 g/mol. The average Bonchev–Trinajstić information content (AvgIpc) is 3.23. The number of hydrogen-bond donors (Lipinski definition) is 1. The van der Waals surface area contributed by atoms with Gasteiger partial charge in [-0.05, 0) is 29.8 Å². The molecule has 1 aliphatic rings. The van der Waals surface area contributed by atoms with Gasteiger partial charge in [-0.2, -0.15) is 5.10 Å². The number of hydrazone groups is 1. The maximum Gasteiger partial charge on any atom is 0.243 e. The van der Waals surface area contributed by atoms with E-state index in [2.05, 4.69) is 10.4 Å². The van der Waals surface area contributed by atoms with Crippen molar-refractivity contribution in [1.29, 1.82) is 0 Å². The van der Waals surface area contributed by atoms with Crippen LogP contribution in [0.5, 0.6) is 0 Å². The minimum absolute atomic E-state index is 0.0405. The molecule has 1 aliphatic heterocycles. The Hall–Kier alpha value is -2.89. The van der Waals surface area contributed by atoms with Crippen LogP contribution in [0.4, 0.5) is 5.69 Å². The van der Waals surface area contributed by atoms with Crippen molar-refractivity contribution in [3.05, 3.63) is 54.0 Å². The van der Waals surface area contributed by atoms with Gasteiger partial charge in [-0.1, -0.05) is 19.1 Å². The Labute approximate surface area is 140 Å². The van der Waals surface area contributed by atoms with E-state index in [4.69, 9.17) is 4.42 Å². The largest absolute Gasteiger partial charge is 0.467 e. The van der Waals surface area contributed by atoms with E-state index in [1.54, 1.807) is 6.26 Å². The van der Waals surface area contributed by atoms with Gasteiger partial charge in [-0.25, -0.2) is 5.01 Å². The van der Waals surface area contributed by atoms with Gasteiger partial charge in [-0.3, -0.25) is 9.59 Å². The van der Waals surface area contributed by atoms with Crippen LogP contribution in [0.15, 0.2) is 52.2 Å². The van der Waals surface area contributed by atoms with Crippen LogP contribution < -0.4 is 5.32 Å². The van der Waals surface area contributed by atoms with Crippen molar-refractivity contribution in [1.82, 2.24) is 5.01 Å². The number of hydrogen-bond acceptors (Lipinski definition) is 4. The summed E-state index contributed by atoms with van der Waals surface area (Å²) in [6.07, 6.45) is 2.58. The Bertz CT molecular complexity index is 763. The molecule has 1 N–H and O–H groups in total. The quantitative estimate of drug-likeness (QED) is 0.937.